The van der Waals surface area contributed by atoms with E-state index in [2.05, 4.69) is 12.2 Å². The molecule has 1 amide bonds. The fraction of sp³-hybridized carbons (Fsp3) is 0.923. The van der Waals surface area contributed by atoms with Gasteiger partial charge in [0.25, 0.3) is 0 Å². The largest absolute Gasteiger partial charge is 0.378 e. The molecular weight excluding hydrogens is 216 g/mol. The summed E-state index contributed by atoms with van der Waals surface area (Å²) in [5, 5.41) is 3.35. The molecule has 17 heavy (non-hydrogen) atoms. The zero-order valence-electron chi connectivity index (χ0n) is 11.0. The molecule has 1 N–H and O–H groups in total. The van der Waals surface area contributed by atoms with Crippen molar-refractivity contribution in [2.24, 2.45) is 0 Å². The number of piperidine rings is 1. The molecule has 98 valence electrons. The van der Waals surface area contributed by atoms with Crippen LogP contribution in [0, 0.1) is 0 Å². The Morgan fingerprint density at radius 1 is 1.47 bits per heavy atom. The van der Waals surface area contributed by atoms with Crippen molar-refractivity contribution in [1.29, 1.82) is 0 Å². The van der Waals surface area contributed by atoms with E-state index in [0.29, 0.717) is 6.42 Å². The zero-order chi connectivity index (χ0) is 12.3. The molecule has 2 fully saturated rings. The maximum Gasteiger partial charge on any atom is 0.225 e. The molecule has 2 aliphatic heterocycles. The van der Waals surface area contributed by atoms with Crippen LogP contribution in [-0.2, 0) is 9.53 Å². The van der Waals surface area contributed by atoms with Crippen LogP contribution in [0.3, 0.4) is 0 Å². The Labute approximate surface area is 104 Å². The third-order valence-electron chi connectivity index (χ3n) is 4.25. The lowest BCUT2D eigenvalue weighted by atomic mass is 9.89. The van der Waals surface area contributed by atoms with Crippen molar-refractivity contribution in [2.45, 2.75) is 50.7 Å². The number of nitrogens with one attached hydrogen (secondary N) is 1. The molecule has 2 rings (SSSR count). The van der Waals surface area contributed by atoms with Crippen LogP contribution in [0.2, 0.25) is 0 Å². The Morgan fingerprint density at radius 3 is 2.71 bits per heavy atom. The van der Waals surface area contributed by atoms with E-state index in [9.17, 15) is 4.79 Å². The van der Waals surface area contributed by atoms with Crippen LogP contribution < -0.4 is 5.32 Å². The Kier molecular flexibility index (Phi) is 4.05. The molecular formula is C13H24N2O2. The van der Waals surface area contributed by atoms with Gasteiger partial charge in [0.15, 0.2) is 0 Å². The van der Waals surface area contributed by atoms with Crippen LogP contribution in [0.1, 0.15) is 39.0 Å². The molecule has 2 heterocycles. The van der Waals surface area contributed by atoms with Gasteiger partial charge in [0.2, 0.25) is 5.91 Å². The van der Waals surface area contributed by atoms with Crippen molar-refractivity contribution < 1.29 is 9.53 Å². The summed E-state index contributed by atoms with van der Waals surface area (Å²) in [7, 11) is 2.00. The summed E-state index contributed by atoms with van der Waals surface area (Å²) >= 11 is 0. The molecule has 0 aromatic carbocycles. The maximum atomic E-state index is 12.1. The van der Waals surface area contributed by atoms with Crippen molar-refractivity contribution in [1.82, 2.24) is 10.2 Å². The number of rotatable bonds is 3. The average Bonchev–Trinajstić information content (AvgIpc) is 2.83. The van der Waals surface area contributed by atoms with Crippen LogP contribution in [0.5, 0.6) is 0 Å². The van der Waals surface area contributed by atoms with Gasteiger partial charge in [-0.3, -0.25) is 4.79 Å². The van der Waals surface area contributed by atoms with Crippen molar-refractivity contribution >= 4 is 5.91 Å². The fourth-order valence-corrected chi connectivity index (χ4v) is 2.63. The number of carbonyl (C=O) groups is 1. The lowest BCUT2D eigenvalue weighted by Crippen LogP contribution is -2.51. The second-order valence-corrected chi connectivity index (χ2v) is 5.53. The van der Waals surface area contributed by atoms with Crippen LogP contribution in [0.25, 0.3) is 0 Å². The quantitative estimate of drug-likeness (QED) is 0.805. The number of ether oxygens (including phenoxy) is 1. The molecule has 0 aromatic rings. The van der Waals surface area contributed by atoms with Gasteiger partial charge in [-0.15, -0.1) is 0 Å². The third-order valence-corrected chi connectivity index (χ3v) is 4.25. The summed E-state index contributed by atoms with van der Waals surface area (Å²) in [6, 6.07) is 0. The van der Waals surface area contributed by atoms with Gasteiger partial charge in [0, 0.05) is 25.2 Å². The number of carbonyl (C=O) groups excluding carboxylic acids is 1. The van der Waals surface area contributed by atoms with E-state index in [-0.39, 0.29) is 17.6 Å². The third kappa shape index (κ3) is 3.19. The van der Waals surface area contributed by atoms with Gasteiger partial charge in [-0.05, 0) is 39.7 Å². The van der Waals surface area contributed by atoms with Crippen molar-refractivity contribution in [3.05, 3.63) is 0 Å². The molecule has 1 unspecified atom stereocenters. The lowest BCUT2D eigenvalue weighted by Gasteiger charge is -2.39. The number of hydrogen-bond acceptors (Lipinski definition) is 3. The minimum atomic E-state index is 0.181. The van der Waals surface area contributed by atoms with Crippen LogP contribution in [0.4, 0.5) is 0 Å². The Bertz CT molecular complexity index is 267. The second-order valence-electron chi connectivity index (χ2n) is 5.53. The van der Waals surface area contributed by atoms with Gasteiger partial charge >= 0.3 is 0 Å². The summed E-state index contributed by atoms with van der Waals surface area (Å²) in [6.07, 6.45) is 5.00. The highest BCUT2D eigenvalue weighted by Crippen LogP contribution is 2.23. The summed E-state index contributed by atoms with van der Waals surface area (Å²) in [5.74, 6) is 0.273. The first kappa shape index (κ1) is 12.8. The standard InChI is InChI=1S/C13H24N2O2/c1-13(14-2)5-7-15(8-6-13)12(16)10-11-4-3-9-17-11/h11,14H,3-10H2,1-2H3. The van der Waals surface area contributed by atoms with Crippen LogP contribution >= 0.6 is 0 Å². The normalized spacial score (nSPS) is 28.4. The smallest absolute Gasteiger partial charge is 0.225 e. The summed E-state index contributed by atoms with van der Waals surface area (Å²) in [5.41, 5.74) is 0.209. The number of hydrogen-bond donors (Lipinski definition) is 1. The summed E-state index contributed by atoms with van der Waals surface area (Å²) in [6.45, 7) is 4.82. The summed E-state index contributed by atoms with van der Waals surface area (Å²) < 4.78 is 5.52. The summed E-state index contributed by atoms with van der Waals surface area (Å²) in [4.78, 5) is 14.1. The van der Waals surface area contributed by atoms with Crippen molar-refractivity contribution in [3.8, 4) is 0 Å². The highest BCUT2D eigenvalue weighted by molar-refractivity contribution is 5.76. The van der Waals surface area contributed by atoms with Gasteiger partial charge in [0.1, 0.15) is 0 Å². The Balaban J connectivity index is 1.77. The number of likely N-dealkylation sites (tertiary alicyclic amines) is 1. The van der Waals surface area contributed by atoms with Gasteiger partial charge in [-0.1, -0.05) is 0 Å². The molecule has 1 atom stereocenters. The Hall–Kier alpha value is -0.610. The van der Waals surface area contributed by atoms with E-state index in [1.807, 2.05) is 11.9 Å². The first-order valence-electron chi connectivity index (χ1n) is 6.71. The molecule has 0 bridgehead atoms. The van der Waals surface area contributed by atoms with Gasteiger partial charge in [-0.25, -0.2) is 0 Å². The van der Waals surface area contributed by atoms with Gasteiger partial charge < -0.3 is 15.0 Å². The highest BCUT2D eigenvalue weighted by Gasteiger charge is 2.31. The highest BCUT2D eigenvalue weighted by atomic mass is 16.5. The van der Waals surface area contributed by atoms with Crippen molar-refractivity contribution in [3.63, 3.8) is 0 Å². The maximum absolute atomic E-state index is 12.1. The average molecular weight is 240 g/mol. The SMILES string of the molecule is CNC1(C)CCN(C(=O)CC2CCCO2)CC1. The second kappa shape index (κ2) is 5.36. The van der Waals surface area contributed by atoms with E-state index >= 15 is 0 Å². The lowest BCUT2D eigenvalue weighted by molar-refractivity contribution is -0.135. The van der Waals surface area contributed by atoms with Crippen LogP contribution in [0.15, 0.2) is 0 Å². The molecule has 2 aliphatic rings. The monoisotopic (exact) mass is 240 g/mol. The molecule has 4 heteroatoms. The van der Waals surface area contributed by atoms with Crippen molar-refractivity contribution in [2.75, 3.05) is 26.7 Å². The Morgan fingerprint density at radius 2 is 2.18 bits per heavy atom. The zero-order valence-corrected chi connectivity index (χ0v) is 11.0. The van der Waals surface area contributed by atoms with Gasteiger partial charge in [-0.2, -0.15) is 0 Å². The minimum Gasteiger partial charge on any atom is -0.378 e. The molecule has 0 aliphatic carbocycles. The minimum absolute atomic E-state index is 0.181. The molecule has 2 saturated heterocycles. The van der Waals surface area contributed by atoms with E-state index < -0.39 is 0 Å². The van der Waals surface area contributed by atoms with Gasteiger partial charge in [0.05, 0.1) is 12.5 Å². The molecule has 0 spiro atoms. The number of amides is 1. The predicted octanol–water partition coefficient (Wildman–Crippen LogP) is 1.16. The number of nitrogens with zero attached hydrogens (tertiary/aromatic N) is 1. The molecule has 0 aromatic heterocycles. The first-order chi connectivity index (χ1) is 8.13. The van der Waals surface area contributed by atoms with E-state index in [1.54, 1.807) is 0 Å². The molecule has 4 nitrogen and oxygen atoms in total. The molecule has 0 radical (unpaired) electrons. The first-order valence-corrected chi connectivity index (χ1v) is 6.71. The topological polar surface area (TPSA) is 41.6 Å². The molecule has 0 saturated carbocycles. The van der Waals surface area contributed by atoms with E-state index in [4.69, 9.17) is 4.74 Å². The van der Waals surface area contributed by atoms with Crippen LogP contribution in [-0.4, -0.2) is 49.2 Å². The predicted molar refractivity (Wildman–Crippen MR) is 66.9 cm³/mol. The fourth-order valence-electron chi connectivity index (χ4n) is 2.63. The van der Waals surface area contributed by atoms with E-state index in [1.165, 1.54) is 0 Å². The van der Waals surface area contributed by atoms with E-state index in [0.717, 1.165) is 45.4 Å².